The van der Waals surface area contributed by atoms with Gasteiger partial charge in [0.1, 0.15) is 6.10 Å². The molecule has 0 bridgehead atoms. The van der Waals surface area contributed by atoms with Crippen LogP contribution in [0.15, 0.2) is 0 Å². The second-order valence-corrected chi connectivity index (χ2v) is 9.33. The van der Waals surface area contributed by atoms with E-state index in [2.05, 4.69) is 0 Å². The van der Waals surface area contributed by atoms with E-state index in [9.17, 15) is 15.0 Å². The standard InChI is InChI=1S/C23H40O8/c1-14-10-8-6-4-5-7-9-11-21(26)30-19-12-17(24)16(3)29-23(19)31-20-13-18(25)15(2)28-22(20)27-14/h14-20,22-25H,4-13H2,1-3H3/t14-,15+,16+,17-,18-,19+,20-,22-,23-/m1/s1. The monoisotopic (exact) mass is 444 g/mol. The molecule has 0 unspecified atom stereocenters. The summed E-state index contributed by atoms with van der Waals surface area (Å²) in [6, 6.07) is 0. The molecule has 0 spiro atoms. The van der Waals surface area contributed by atoms with Crippen molar-refractivity contribution in [3.63, 3.8) is 0 Å². The van der Waals surface area contributed by atoms with Gasteiger partial charge in [-0.1, -0.05) is 32.1 Å². The second-order valence-electron chi connectivity index (χ2n) is 9.33. The van der Waals surface area contributed by atoms with Crippen LogP contribution in [0.1, 0.15) is 85.0 Å². The molecule has 8 heteroatoms. The van der Waals surface area contributed by atoms with Crippen LogP contribution in [0.3, 0.4) is 0 Å². The quantitative estimate of drug-likeness (QED) is 0.550. The van der Waals surface area contributed by atoms with E-state index < -0.39 is 43.1 Å². The summed E-state index contributed by atoms with van der Waals surface area (Å²) in [6.45, 7) is 5.61. The van der Waals surface area contributed by atoms with Gasteiger partial charge in [-0.05, 0) is 33.6 Å². The van der Waals surface area contributed by atoms with Crippen molar-refractivity contribution in [2.45, 2.75) is 140 Å². The lowest BCUT2D eigenvalue weighted by Crippen LogP contribution is -2.55. The van der Waals surface area contributed by atoms with Crippen molar-refractivity contribution in [1.29, 1.82) is 0 Å². The predicted octanol–water partition coefficient (Wildman–Crippen LogP) is 2.81. The number of hydrogen-bond donors (Lipinski definition) is 2. The van der Waals surface area contributed by atoms with Gasteiger partial charge < -0.3 is 33.9 Å². The summed E-state index contributed by atoms with van der Waals surface area (Å²) < 4.78 is 29.8. The van der Waals surface area contributed by atoms with Crippen molar-refractivity contribution in [3.8, 4) is 0 Å². The molecule has 8 nitrogen and oxygen atoms in total. The van der Waals surface area contributed by atoms with E-state index in [4.69, 9.17) is 23.7 Å². The number of aliphatic hydroxyl groups excluding tert-OH is 2. The van der Waals surface area contributed by atoms with Crippen molar-refractivity contribution in [2.24, 2.45) is 0 Å². The molecule has 0 aromatic carbocycles. The maximum atomic E-state index is 12.4. The summed E-state index contributed by atoms with van der Waals surface area (Å²) in [7, 11) is 0. The van der Waals surface area contributed by atoms with Gasteiger partial charge in [0.15, 0.2) is 18.7 Å². The smallest absolute Gasteiger partial charge is 0.306 e. The zero-order valence-electron chi connectivity index (χ0n) is 19.1. The molecule has 0 aromatic rings. The van der Waals surface area contributed by atoms with E-state index >= 15 is 0 Å². The highest BCUT2D eigenvalue weighted by atomic mass is 16.8. The van der Waals surface area contributed by atoms with Gasteiger partial charge in [0.2, 0.25) is 0 Å². The van der Waals surface area contributed by atoms with Crippen LogP contribution in [0.2, 0.25) is 0 Å². The third-order valence-corrected chi connectivity index (χ3v) is 6.54. The Morgan fingerprint density at radius 3 is 1.94 bits per heavy atom. The van der Waals surface area contributed by atoms with Crippen LogP contribution in [0.5, 0.6) is 0 Å². The number of hydrogen-bond acceptors (Lipinski definition) is 8. The molecule has 3 rings (SSSR count). The van der Waals surface area contributed by atoms with Crippen LogP contribution in [0, 0.1) is 0 Å². The summed E-state index contributed by atoms with van der Waals surface area (Å²) in [5, 5.41) is 20.6. The maximum absolute atomic E-state index is 12.4. The molecular formula is C23H40O8. The fourth-order valence-corrected chi connectivity index (χ4v) is 4.43. The van der Waals surface area contributed by atoms with Crippen LogP contribution in [0.4, 0.5) is 0 Å². The summed E-state index contributed by atoms with van der Waals surface area (Å²) in [6.07, 6.45) is 3.02. The third kappa shape index (κ3) is 7.37. The minimum absolute atomic E-state index is 0.00382. The molecule has 0 saturated carbocycles. The largest absolute Gasteiger partial charge is 0.457 e. The van der Waals surface area contributed by atoms with Gasteiger partial charge in [-0.15, -0.1) is 0 Å². The lowest BCUT2D eigenvalue weighted by atomic mass is 10.0. The zero-order chi connectivity index (χ0) is 22.4. The average Bonchev–Trinajstić information content (AvgIpc) is 2.71. The molecule has 3 aliphatic rings. The highest BCUT2D eigenvalue weighted by Gasteiger charge is 2.44. The number of esters is 1. The number of carbonyl (C=O) groups is 1. The fraction of sp³-hybridized carbons (Fsp3) is 0.957. The van der Waals surface area contributed by atoms with E-state index in [-0.39, 0.29) is 24.6 Å². The minimum Gasteiger partial charge on any atom is -0.457 e. The SMILES string of the molecule is C[C@@H]1CCCCCCCCC(=O)O[C@H]2C[C@@H](O)[C@H](C)O[C@@H]2O[C@@H]2C[C@@H](O)[C@H](C)O[C@H]2O1. The molecule has 180 valence electrons. The number of fused-ring (bicyclic) bond motifs is 2. The Hall–Kier alpha value is -0.770. The highest BCUT2D eigenvalue weighted by Crippen LogP contribution is 2.31. The lowest BCUT2D eigenvalue weighted by molar-refractivity contribution is -0.337. The first-order valence-corrected chi connectivity index (χ1v) is 12.0. The van der Waals surface area contributed by atoms with E-state index in [0.29, 0.717) is 12.8 Å². The van der Waals surface area contributed by atoms with Crippen molar-refractivity contribution < 1.29 is 38.7 Å². The Morgan fingerprint density at radius 1 is 0.710 bits per heavy atom. The van der Waals surface area contributed by atoms with Crippen LogP contribution in [-0.4, -0.2) is 71.5 Å². The highest BCUT2D eigenvalue weighted by molar-refractivity contribution is 5.69. The Labute approximate surface area is 185 Å². The summed E-state index contributed by atoms with van der Waals surface area (Å²) in [5.74, 6) is -0.303. The average molecular weight is 445 g/mol. The molecule has 3 heterocycles. The summed E-state index contributed by atoms with van der Waals surface area (Å²) in [5.41, 5.74) is 0. The van der Waals surface area contributed by atoms with Gasteiger partial charge in [0.05, 0.1) is 30.5 Å². The third-order valence-electron chi connectivity index (χ3n) is 6.54. The van der Waals surface area contributed by atoms with Gasteiger partial charge in [-0.3, -0.25) is 4.79 Å². The second kappa shape index (κ2) is 11.9. The van der Waals surface area contributed by atoms with Crippen molar-refractivity contribution in [3.05, 3.63) is 0 Å². The first-order chi connectivity index (χ1) is 14.8. The van der Waals surface area contributed by atoms with Crippen LogP contribution in [0.25, 0.3) is 0 Å². The summed E-state index contributed by atoms with van der Waals surface area (Å²) in [4.78, 5) is 12.4. The molecule has 0 aliphatic carbocycles. The molecule has 0 amide bonds. The first kappa shape index (κ1) is 24.9. The molecule has 0 aromatic heterocycles. The van der Waals surface area contributed by atoms with E-state index in [1.54, 1.807) is 6.92 Å². The number of ether oxygens (including phenoxy) is 5. The number of carbonyl (C=O) groups excluding carboxylic acids is 1. The molecular weight excluding hydrogens is 404 g/mol. The normalized spacial score (nSPS) is 44.4. The fourth-order valence-electron chi connectivity index (χ4n) is 4.43. The van der Waals surface area contributed by atoms with Crippen molar-refractivity contribution in [2.75, 3.05) is 0 Å². The molecule has 9 atom stereocenters. The Kier molecular flexibility index (Phi) is 9.55. The van der Waals surface area contributed by atoms with Crippen LogP contribution in [-0.2, 0) is 28.5 Å². The molecule has 0 radical (unpaired) electrons. The molecule has 3 saturated heterocycles. The predicted molar refractivity (Wildman–Crippen MR) is 112 cm³/mol. The molecule has 3 fully saturated rings. The zero-order valence-corrected chi connectivity index (χ0v) is 19.1. The van der Waals surface area contributed by atoms with E-state index in [1.165, 1.54) is 0 Å². The topological polar surface area (TPSA) is 104 Å². The Bertz CT molecular complexity index is 558. The molecule has 31 heavy (non-hydrogen) atoms. The first-order valence-electron chi connectivity index (χ1n) is 12.0. The lowest BCUT2D eigenvalue weighted by Gasteiger charge is -2.43. The minimum atomic E-state index is -0.853. The van der Waals surface area contributed by atoms with Crippen molar-refractivity contribution in [1.82, 2.24) is 0 Å². The number of rotatable bonds is 0. The Morgan fingerprint density at radius 2 is 1.26 bits per heavy atom. The molecule has 2 N–H and O–H groups in total. The summed E-state index contributed by atoms with van der Waals surface area (Å²) >= 11 is 0. The van der Waals surface area contributed by atoms with E-state index in [0.717, 1.165) is 44.9 Å². The van der Waals surface area contributed by atoms with Gasteiger partial charge in [-0.2, -0.15) is 0 Å². The van der Waals surface area contributed by atoms with E-state index in [1.807, 2.05) is 13.8 Å². The molecule has 3 aliphatic heterocycles. The van der Waals surface area contributed by atoms with Gasteiger partial charge >= 0.3 is 5.97 Å². The van der Waals surface area contributed by atoms with Crippen LogP contribution >= 0.6 is 0 Å². The number of aliphatic hydroxyl groups is 2. The maximum Gasteiger partial charge on any atom is 0.306 e. The van der Waals surface area contributed by atoms with Gasteiger partial charge in [0.25, 0.3) is 0 Å². The van der Waals surface area contributed by atoms with Gasteiger partial charge in [-0.25, -0.2) is 0 Å². The Balaban J connectivity index is 1.75. The van der Waals surface area contributed by atoms with Crippen molar-refractivity contribution >= 4 is 5.97 Å². The van der Waals surface area contributed by atoms with Gasteiger partial charge in [0, 0.05) is 19.3 Å². The van der Waals surface area contributed by atoms with Crippen LogP contribution < -0.4 is 0 Å².